The quantitative estimate of drug-likeness (QED) is 0.661. The maximum Gasteiger partial charge on any atom is 0.256 e. The summed E-state index contributed by atoms with van der Waals surface area (Å²) in [6, 6.07) is 15.6. The number of hydrogen-bond donors (Lipinski definition) is 1. The van der Waals surface area contributed by atoms with Crippen LogP contribution in [-0.2, 0) is 0 Å². The van der Waals surface area contributed by atoms with Gasteiger partial charge in [-0.1, -0.05) is 29.8 Å². The average molecular weight is 385 g/mol. The van der Waals surface area contributed by atoms with E-state index in [0.717, 1.165) is 0 Å². The van der Waals surface area contributed by atoms with Crippen LogP contribution in [0.2, 0.25) is 5.02 Å². The molecule has 3 rings (SSSR count). The summed E-state index contributed by atoms with van der Waals surface area (Å²) in [5.41, 5.74) is 0.740. The molecule has 0 fully saturated rings. The van der Waals surface area contributed by atoms with E-state index in [1.165, 1.54) is 20.3 Å². The number of carbonyl (C=O) groups excluding carboxylic acids is 1. The highest BCUT2D eigenvalue weighted by atomic mass is 35.5. The molecule has 1 amide bonds. The van der Waals surface area contributed by atoms with Crippen molar-refractivity contribution >= 4 is 23.2 Å². The van der Waals surface area contributed by atoms with Gasteiger partial charge in [-0.25, -0.2) is 4.98 Å². The Kier molecular flexibility index (Phi) is 5.78. The molecule has 0 atom stereocenters. The summed E-state index contributed by atoms with van der Waals surface area (Å²) in [6.45, 7) is 0. The molecule has 1 aromatic heterocycles. The molecule has 6 nitrogen and oxygen atoms in total. The third-order valence-electron chi connectivity index (χ3n) is 3.67. The standard InChI is InChI=1S/C20H17ClN2O4/c1-25-17-12-13(11-15(21)18(17)26-2)19(24)23-16-9-6-10-22-20(16)27-14-7-4-3-5-8-14/h3-12H,1-2H3,(H,23,24). The summed E-state index contributed by atoms with van der Waals surface area (Å²) < 4.78 is 16.2. The molecule has 0 aliphatic heterocycles. The summed E-state index contributed by atoms with van der Waals surface area (Å²) in [5.74, 6) is 1.24. The number of amides is 1. The molecule has 0 radical (unpaired) electrons. The van der Waals surface area contributed by atoms with Gasteiger partial charge in [-0.05, 0) is 36.4 Å². The second kappa shape index (κ2) is 8.42. The van der Waals surface area contributed by atoms with Gasteiger partial charge in [-0.2, -0.15) is 0 Å². The lowest BCUT2D eigenvalue weighted by molar-refractivity contribution is 0.102. The number of nitrogens with one attached hydrogen (secondary N) is 1. The number of carbonyl (C=O) groups is 1. The van der Waals surface area contributed by atoms with Gasteiger partial charge in [-0.3, -0.25) is 4.79 Å². The fourth-order valence-corrected chi connectivity index (χ4v) is 2.70. The summed E-state index contributed by atoms with van der Waals surface area (Å²) in [5, 5.41) is 3.05. The maximum atomic E-state index is 12.7. The molecule has 0 unspecified atom stereocenters. The molecule has 0 bridgehead atoms. The topological polar surface area (TPSA) is 69.7 Å². The molecule has 0 saturated carbocycles. The Balaban J connectivity index is 1.86. The fraction of sp³-hybridized carbons (Fsp3) is 0.100. The second-order valence-electron chi connectivity index (χ2n) is 5.42. The van der Waals surface area contributed by atoms with Crippen LogP contribution in [0.15, 0.2) is 60.8 Å². The summed E-state index contributed by atoms with van der Waals surface area (Å²) in [6.07, 6.45) is 1.58. The molecular formula is C20H17ClN2O4. The van der Waals surface area contributed by atoms with Crippen molar-refractivity contribution in [3.05, 3.63) is 71.4 Å². The van der Waals surface area contributed by atoms with Crippen LogP contribution in [-0.4, -0.2) is 25.1 Å². The summed E-state index contributed by atoms with van der Waals surface area (Å²) >= 11 is 6.18. The molecule has 0 spiro atoms. The highest BCUT2D eigenvalue weighted by molar-refractivity contribution is 6.32. The number of benzene rings is 2. The Hall–Kier alpha value is -3.25. The van der Waals surface area contributed by atoms with Crippen molar-refractivity contribution in [1.29, 1.82) is 0 Å². The van der Waals surface area contributed by atoms with Crippen LogP contribution in [0, 0.1) is 0 Å². The third-order valence-corrected chi connectivity index (χ3v) is 3.95. The summed E-state index contributed by atoms with van der Waals surface area (Å²) in [4.78, 5) is 16.9. The maximum absolute atomic E-state index is 12.7. The lowest BCUT2D eigenvalue weighted by atomic mass is 10.2. The van der Waals surface area contributed by atoms with E-state index in [0.29, 0.717) is 28.5 Å². The minimum Gasteiger partial charge on any atom is -0.493 e. The molecule has 0 aliphatic rings. The number of anilines is 1. The Morgan fingerprint density at radius 3 is 2.52 bits per heavy atom. The first-order chi connectivity index (χ1) is 13.1. The normalized spacial score (nSPS) is 10.2. The third kappa shape index (κ3) is 4.30. The number of ether oxygens (including phenoxy) is 3. The molecule has 7 heteroatoms. The van der Waals surface area contributed by atoms with E-state index in [1.54, 1.807) is 36.5 Å². The van der Waals surface area contributed by atoms with Gasteiger partial charge in [0.25, 0.3) is 5.91 Å². The molecule has 3 aromatic rings. The number of halogens is 1. The van der Waals surface area contributed by atoms with Gasteiger partial charge in [0.2, 0.25) is 5.88 Å². The smallest absolute Gasteiger partial charge is 0.256 e. The lowest BCUT2D eigenvalue weighted by Crippen LogP contribution is -2.13. The van der Waals surface area contributed by atoms with Crippen LogP contribution in [0.1, 0.15) is 10.4 Å². The Morgan fingerprint density at radius 2 is 1.81 bits per heavy atom. The van der Waals surface area contributed by atoms with Gasteiger partial charge in [-0.15, -0.1) is 0 Å². The van der Waals surface area contributed by atoms with E-state index in [9.17, 15) is 4.79 Å². The van der Waals surface area contributed by atoms with Crippen LogP contribution in [0.5, 0.6) is 23.1 Å². The van der Waals surface area contributed by atoms with Crippen molar-refractivity contribution in [3.63, 3.8) is 0 Å². The fourth-order valence-electron chi connectivity index (χ4n) is 2.41. The molecule has 1 N–H and O–H groups in total. The van der Waals surface area contributed by atoms with Crippen molar-refractivity contribution in [2.24, 2.45) is 0 Å². The molecule has 138 valence electrons. The molecule has 27 heavy (non-hydrogen) atoms. The van der Waals surface area contributed by atoms with Crippen LogP contribution in [0.4, 0.5) is 5.69 Å². The highest BCUT2D eigenvalue weighted by Crippen LogP contribution is 2.36. The van der Waals surface area contributed by atoms with Crippen molar-refractivity contribution in [3.8, 4) is 23.1 Å². The molecule has 2 aromatic carbocycles. The van der Waals surface area contributed by atoms with Gasteiger partial charge in [0.15, 0.2) is 11.5 Å². The second-order valence-corrected chi connectivity index (χ2v) is 5.83. The lowest BCUT2D eigenvalue weighted by Gasteiger charge is -2.13. The molecule has 1 heterocycles. The largest absolute Gasteiger partial charge is 0.493 e. The number of pyridine rings is 1. The van der Waals surface area contributed by atoms with Crippen molar-refractivity contribution in [1.82, 2.24) is 4.98 Å². The average Bonchev–Trinajstić information content (AvgIpc) is 2.69. The number of nitrogens with zero attached hydrogens (tertiary/aromatic N) is 1. The first-order valence-corrected chi connectivity index (χ1v) is 8.41. The molecular weight excluding hydrogens is 368 g/mol. The van der Waals surface area contributed by atoms with E-state index in [1.807, 2.05) is 18.2 Å². The minimum atomic E-state index is -0.385. The van der Waals surface area contributed by atoms with Gasteiger partial charge < -0.3 is 19.5 Å². The van der Waals surface area contributed by atoms with Gasteiger partial charge >= 0.3 is 0 Å². The number of hydrogen-bond acceptors (Lipinski definition) is 5. The number of para-hydroxylation sites is 1. The predicted octanol–water partition coefficient (Wildman–Crippen LogP) is 4.80. The molecule has 0 saturated heterocycles. The van der Waals surface area contributed by atoms with Gasteiger partial charge in [0, 0.05) is 11.8 Å². The van der Waals surface area contributed by atoms with Crippen LogP contribution >= 0.6 is 11.6 Å². The number of methoxy groups -OCH3 is 2. The van der Waals surface area contributed by atoms with Gasteiger partial charge in [0.1, 0.15) is 11.4 Å². The zero-order valence-electron chi connectivity index (χ0n) is 14.7. The Labute approximate surface area is 161 Å². The van der Waals surface area contributed by atoms with E-state index in [2.05, 4.69) is 10.3 Å². The zero-order valence-corrected chi connectivity index (χ0v) is 15.5. The van der Waals surface area contributed by atoms with E-state index in [4.69, 9.17) is 25.8 Å². The first-order valence-electron chi connectivity index (χ1n) is 8.03. The van der Waals surface area contributed by atoms with E-state index >= 15 is 0 Å². The highest BCUT2D eigenvalue weighted by Gasteiger charge is 2.17. The monoisotopic (exact) mass is 384 g/mol. The van der Waals surface area contributed by atoms with Crippen molar-refractivity contribution in [2.45, 2.75) is 0 Å². The summed E-state index contributed by atoms with van der Waals surface area (Å²) in [7, 11) is 2.95. The SMILES string of the molecule is COc1cc(C(=O)Nc2cccnc2Oc2ccccc2)cc(Cl)c1OC. The van der Waals surface area contributed by atoms with Gasteiger partial charge in [0.05, 0.1) is 19.2 Å². The first kappa shape index (κ1) is 18.5. The number of rotatable bonds is 6. The molecule has 0 aliphatic carbocycles. The van der Waals surface area contributed by atoms with Crippen LogP contribution in [0.3, 0.4) is 0 Å². The van der Waals surface area contributed by atoms with Crippen molar-refractivity contribution in [2.75, 3.05) is 19.5 Å². The van der Waals surface area contributed by atoms with Crippen LogP contribution in [0.25, 0.3) is 0 Å². The number of aromatic nitrogens is 1. The minimum absolute atomic E-state index is 0.272. The predicted molar refractivity (Wildman–Crippen MR) is 103 cm³/mol. The van der Waals surface area contributed by atoms with Crippen LogP contribution < -0.4 is 19.5 Å². The zero-order chi connectivity index (χ0) is 19.2. The Bertz CT molecular complexity index is 948. The Morgan fingerprint density at radius 1 is 1.04 bits per heavy atom. The van der Waals surface area contributed by atoms with E-state index < -0.39 is 0 Å². The van der Waals surface area contributed by atoms with E-state index in [-0.39, 0.29) is 16.8 Å². The van der Waals surface area contributed by atoms with Crippen molar-refractivity contribution < 1.29 is 19.0 Å².